The number of aromatic nitrogens is 2. The monoisotopic (exact) mass is 278 g/mol. The minimum absolute atomic E-state index is 0.335. The lowest BCUT2D eigenvalue weighted by Gasteiger charge is -2.20. The molecule has 1 atom stereocenters. The molecule has 0 saturated carbocycles. The van der Waals surface area contributed by atoms with Crippen molar-refractivity contribution in [3.8, 4) is 0 Å². The van der Waals surface area contributed by atoms with Gasteiger partial charge in [-0.2, -0.15) is 0 Å². The van der Waals surface area contributed by atoms with E-state index in [2.05, 4.69) is 21.8 Å². The molecule has 4 nitrogen and oxygen atoms in total. The quantitative estimate of drug-likeness (QED) is 0.858. The van der Waals surface area contributed by atoms with Gasteiger partial charge in [-0.1, -0.05) is 32.0 Å². The first-order valence-corrected chi connectivity index (χ1v) is 7.49. The summed E-state index contributed by atoms with van der Waals surface area (Å²) in [6, 6.07) is 1.77. The summed E-state index contributed by atoms with van der Waals surface area (Å²) in [4.78, 5) is 11.4. The third kappa shape index (κ3) is 3.86. The molecule has 1 aliphatic heterocycles. The van der Waals surface area contributed by atoms with Crippen LogP contribution in [0.15, 0.2) is 12.3 Å². The number of rotatable bonds is 4. The van der Waals surface area contributed by atoms with E-state index in [4.69, 9.17) is 18.0 Å². The van der Waals surface area contributed by atoms with Crippen LogP contribution in [0.5, 0.6) is 0 Å². The molecule has 1 aliphatic rings. The Bertz CT molecular complexity index is 435. The van der Waals surface area contributed by atoms with Gasteiger partial charge in [-0.05, 0) is 31.2 Å². The third-order valence-corrected chi connectivity index (χ3v) is 3.93. The number of anilines is 1. The molecule has 1 unspecified atom stereocenters. The van der Waals surface area contributed by atoms with Crippen LogP contribution < -0.4 is 10.6 Å². The molecule has 0 amide bonds. The number of nitrogens with two attached hydrogens (primary N) is 1. The summed E-state index contributed by atoms with van der Waals surface area (Å²) in [6.45, 7) is 4.32. The van der Waals surface area contributed by atoms with Gasteiger partial charge in [0, 0.05) is 19.3 Å². The summed E-state index contributed by atoms with van der Waals surface area (Å²) in [5.41, 5.74) is 6.29. The van der Waals surface area contributed by atoms with E-state index in [1.807, 2.05) is 0 Å². The van der Waals surface area contributed by atoms with E-state index in [0.29, 0.717) is 10.7 Å². The average molecular weight is 278 g/mol. The van der Waals surface area contributed by atoms with E-state index in [1.165, 1.54) is 32.1 Å². The molecule has 0 aliphatic carbocycles. The molecule has 1 aromatic heterocycles. The van der Waals surface area contributed by atoms with Crippen molar-refractivity contribution in [2.75, 3.05) is 18.0 Å². The molecule has 1 fully saturated rings. The number of hydrogen-bond donors (Lipinski definition) is 1. The van der Waals surface area contributed by atoms with Gasteiger partial charge in [0.2, 0.25) is 5.95 Å². The second-order valence-electron chi connectivity index (χ2n) is 5.18. The zero-order chi connectivity index (χ0) is 13.7. The van der Waals surface area contributed by atoms with Gasteiger partial charge in [0.25, 0.3) is 0 Å². The Kier molecular flexibility index (Phi) is 5.07. The van der Waals surface area contributed by atoms with E-state index >= 15 is 0 Å². The highest BCUT2D eigenvalue weighted by atomic mass is 32.1. The van der Waals surface area contributed by atoms with Gasteiger partial charge in [-0.25, -0.2) is 9.97 Å². The van der Waals surface area contributed by atoms with Crippen molar-refractivity contribution >= 4 is 23.2 Å². The molecule has 19 heavy (non-hydrogen) atoms. The maximum Gasteiger partial charge on any atom is 0.225 e. The molecular weight excluding hydrogens is 256 g/mol. The van der Waals surface area contributed by atoms with E-state index in [1.54, 1.807) is 12.3 Å². The smallest absolute Gasteiger partial charge is 0.225 e. The van der Waals surface area contributed by atoms with E-state index in [0.717, 1.165) is 25.0 Å². The van der Waals surface area contributed by atoms with Crippen LogP contribution in [-0.4, -0.2) is 28.0 Å². The van der Waals surface area contributed by atoms with E-state index in [-0.39, 0.29) is 0 Å². The third-order valence-electron chi connectivity index (χ3n) is 3.72. The lowest BCUT2D eigenvalue weighted by molar-refractivity contribution is 0.435. The van der Waals surface area contributed by atoms with Crippen molar-refractivity contribution in [2.24, 2.45) is 11.7 Å². The number of thiocarbonyl (C=S) groups is 1. The molecule has 0 bridgehead atoms. The predicted octanol–water partition coefficient (Wildman–Crippen LogP) is 2.52. The molecule has 2 N–H and O–H groups in total. The maximum atomic E-state index is 5.63. The van der Waals surface area contributed by atoms with Crippen LogP contribution in [0.4, 0.5) is 5.95 Å². The second kappa shape index (κ2) is 6.80. The topological polar surface area (TPSA) is 55.0 Å². The SMILES string of the molecule is CCCC1CCCN(c2nccc(C(N)=S)n2)CC1. The molecule has 5 heteroatoms. The Morgan fingerprint density at radius 2 is 2.32 bits per heavy atom. The second-order valence-corrected chi connectivity index (χ2v) is 5.62. The highest BCUT2D eigenvalue weighted by Crippen LogP contribution is 2.23. The summed E-state index contributed by atoms with van der Waals surface area (Å²) < 4.78 is 0. The van der Waals surface area contributed by atoms with Crippen LogP contribution in [0, 0.1) is 5.92 Å². The van der Waals surface area contributed by atoms with Gasteiger partial charge < -0.3 is 10.6 Å². The standard InChI is InChI=1S/C14H22N4S/c1-2-4-11-5-3-9-18(10-7-11)14-16-8-6-12(17-14)13(15)19/h6,8,11H,2-5,7,9-10H2,1H3,(H2,15,19). The highest BCUT2D eigenvalue weighted by Gasteiger charge is 2.18. The lowest BCUT2D eigenvalue weighted by Crippen LogP contribution is -2.27. The van der Waals surface area contributed by atoms with Crippen LogP contribution in [0.2, 0.25) is 0 Å². The van der Waals surface area contributed by atoms with Crippen LogP contribution in [0.1, 0.15) is 44.7 Å². The molecule has 1 saturated heterocycles. The minimum Gasteiger partial charge on any atom is -0.388 e. The first kappa shape index (κ1) is 14.2. The van der Waals surface area contributed by atoms with Crippen molar-refractivity contribution in [3.05, 3.63) is 18.0 Å². The first-order chi connectivity index (χ1) is 9.20. The molecule has 2 rings (SSSR count). The van der Waals surface area contributed by atoms with E-state index < -0.39 is 0 Å². The fraction of sp³-hybridized carbons (Fsp3) is 0.643. The van der Waals surface area contributed by atoms with Gasteiger partial charge in [0.1, 0.15) is 10.7 Å². The Labute approximate surface area is 120 Å². The van der Waals surface area contributed by atoms with Crippen molar-refractivity contribution < 1.29 is 0 Å². The van der Waals surface area contributed by atoms with Gasteiger partial charge in [-0.15, -0.1) is 0 Å². The summed E-state index contributed by atoms with van der Waals surface area (Å²) >= 11 is 4.97. The van der Waals surface area contributed by atoms with E-state index in [9.17, 15) is 0 Å². The molecule has 0 radical (unpaired) electrons. The fourth-order valence-corrected chi connectivity index (χ4v) is 2.81. The van der Waals surface area contributed by atoms with Gasteiger partial charge in [-0.3, -0.25) is 0 Å². The molecular formula is C14H22N4S. The van der Waals surface area contributed by atoms with Gasteiger partial charge in [0.05, 0.1) is 0 Å². The maximum absolute atomic E-state index is 5.63. The van der Waals surface area contributed by atoms with Crippen molar-refractivity contribution in [3.63, 3.8) is 0 Å². The molecule has 1 aromatic rings. The fourth-order valence-electron chi connectivity index (χ4n) is 2.70. The highest BCUT2D eigenvalue weighted by molar-refractivity contribution is 7.80. The van der Waals surface area contributed by atoms with Crippen molar-refractivity contribution in [2.45, 2.75) is 39.0 Å². The molecule has 0 spiro atoms. The zero-order valence-electron chi connectivity index (χ0n) is 11.5. The van der Waals surface area contributed by atoms with Crippen LogP contribution in [-0.2, 0) is 0 Å². The summed E-state index contributed by atoms with van der Waals surface area (Å²) in [5, 5.41) is 0. The number of nitrogens with zero attached hydrogens (tertiary/aromatic N) is 3. The van der Waals surface area contributed by atoms with Gasteiger partial charge in [0.15, 0.2) is 0 Å². The summed E-state index contributed by atoms with van der Waals surface area (Å²) in [6.07, 6.45) is 8.12. The Morgan fingerprint density at radius 3 is 3.05 bits per heavy atom. The molecule has 104 valence electrons. The largest absolute Gasteiger partial charge is 0.388 e. The minimum atomic E-state index is 0.335. The van der Waals surface area contributed by atoms with Gasteiger partial charge >= 0.3 is 0 Å². The predicted molar refractivity (Wildman–Crippen MR) is 82.4 cm³/mol. The Balaban J connectivity index is 2.05. The lowest BCUT2D eigenvalue weighted by atomic mass is 9.96. The Hall–Kier alpha value is -1.23. The molecule has 2 heterocycles. The molecule has 0 aromatic carbocycles. The first-order valence-electron chi connectivity index (χ1n) is 7.08. The van der Waals surface area contributed by atoms with Crippen LogP contribution in [0.3, 0.4) is 0 Å². The van der Waals surface area contributed by atoms with Crippen LogP contribution >= 0.6 is 12.2 Å². The van der Waals surface area contributed by atoms with Crippen molar-refractivity contribution in [1.29, 1.82) is 0 Å². The average Bonchev–Trinajstić information content (AvgIpc) is 2.65. The normalized spacial score (nSPS) is 20.1. The Morgan fingerprint density at radius 1 is 1.47 bits per heavy atom. The number of hydrogen-bond acceptors (Lipinski definition) is 4. The van der Waals surface area contributed by atoms with Crippen molar-refractivity contribution in [1.82, 2.24) is 9.97 Å². The van der Waals surface area contributed by atoms with Crippen LogP contribution in [0.25, 0.3) is 0 Å². The summed E-state index contributed by atoms with van der Waals surface area (Å²) in [5.74, 6) is 1.62. The zero-order valence-corrected chi connectivity index (χ0v) is 12.3. The summed E-state index contributed by atoms with van der Waals surface area (Å²) in [7, 11) is 0.